The lowest BCUT2D eigenvalue weighted by molar-refractivity contribution is 0.557. The number of thioether (sulfide) groups is 1. The third kappa shape index (κ3) is 3.52. The average molecular weight is 322 g/mol. The molecule has 2 aromatic heterocycles. The first-order valence-electron chi connectivity index (χ1n) is 7.74. The Kier molecular flexibility index (Phi) is 5.03. The van der Waals surface area contributed by atoms with Crippen molar-refractivity contribution in [2.75, 3.05) is 12.3 Å². The predicted octanol–water partition coefficient (Wildman–Crippen LogP) is 3.65. The van der Waals surface area contributed by atoms with Crippen molar-refractivity contribution in [3.63, 3.8) is 0 Å². The number of hydrogen-bond acceptors (Lipinski definition) is 4. The summed E-state index contributed by atoms with van der Waals surface area (Å²) in [6.07, 6.45) is 6.46. The molecule has 0 spiro atoms. The van der Waals surface area contributed by atoms with Gasteiger partial charge < -0.3 is 5.32 Å². The highest BCUT2D eigenvalue weighted by atomic mass is 32.2. The van der Waals surface area contributed by atoms with Crippen LogP contribution in [0.3, 0.4) is 0 Å². The lowest BCUT2D eigenvalue weighted by Crippen LogP contribution is -2.21. The topological polar surface area (TPSA) is 29.9 Å². The molecule has 1 atom stereocenters. The number of nitrogens with one attached hydrogen (secondary N) is 1. The van der Waals surface area contributed by atoms with E-state index in [0.29, 0.717) is 6.04 Å². The van der Waals surface area contributed by atoms with Gasteiger partial charge in [-0.05, 0) is 49.3 Å². The maximum Gasteiger partial charge on any atom is 0.0522 e. The second kappa shape index (κ2) is 6.99. The molecule has 1 aliphatic rings. The monoisotopic (exact) mass is 321 g/mol. The van der Waals surface area contributed by atoms with E-state index < -0.39 is 0 Å². The van der Waals surface area contributed by atoms with E-state index in [-0.39, 0.29) is 0 Å². The normalized spacial score (nSPS) is 15.9. The average Bonchev–Trinajstić information content (AvgIpc) is 3.12. The fourth-order valence-electron chi connectivity index (χ4n) is 2.78. The first-order valence-corrected chi connectivity index (χ1v) is 9.71. The maximum atomic E-state index is 4.40. The van der Waals surface area contributed by atoms with E-state index in [2.05, 4.69) is 48.3 Å². The van der Waals surface area contributed by atoms with Crippen molar-refractivity contribution in [2.24, 2.45) is 0 Å². The lowest BCUT2D eigenvalue weighted by atomic mass is 10.1. The summed E-state index contributed by atoms with van der Waals surface area (Å²) >= 11 is 4.07. The SMILES string of the molecule is CCNC(Cc1cnn(CC)c1)c1cc2c(s1)CCSC2. The molecule has 0 amide bonds. The van der Waals surface area contributed by atoms with Crippen LogP contribution in [0.1, 0.15) is 40.8 Å². The Morgan fingerprint density at radius 3 is 3.05 bits per heavy atom. The van der Waals surface area contributed by atoms with Gasteiger partial charge in [-0.1, -0.05) is 6.92 Å². The number of nitrogens with zero attached hydrogens (tertiary/aromatic N) is 2. The van der Waals surface area contributed by atoms with Crippen molar-refractivity contribution < 1.29 is 0 Å². The van der Waals surface area contributed by atoms with Gasteiger partial charge in [0.15, 0.2) is 0 Å². The number of aromatic nitrogens is 2. The molecule has 2 aromatic rings. The van der Waals surface area contributed by atoms with Crippen molar-refractivity contribution in [3.8, 4) is 0 Å². The second-order valence-corrected chi connectivity index (χ2v) is 7.69. The Hall–Kier alpha value is -0.780. The molecular weight excluding hydrogens is 298 g/mol. The van der Waals surface area contributed by atoms with Crippen LogP contribution in [-0.2, 0) is 25.1 Å². The molecule has 0 saturated carbocycles. The Bertz CT molecular complexity index is 565. The minimum atomic E-state index is 0.421. The first-order chi connectivity index (χ1) is 10.3. The van der Waals surface area contributed by atoms with Crippen molar-refractivity contribution in [2.45, 2.75) is 45.0 Å². The Balaban J connectivity index is 1.78. The summed E-state index contributed by atoms with van der Waals surface area (Å²) in [7, 11) is 0. The molecule has 1 aliphatic heterocycles. The third-order valence-electron chi connectivity index (χ3n) is 3.89. The molecule has 0 bridgehead atoms. The molecule has 1 unspecified atom stereocenters. The van der Waals surface area contributed by atoms with E-state index in [1.165, 1.54) is 28.4 Å². The van der Waals surface area contributed by atoms with Gasteiger partial charge in [-0.2, -0.15) is 16.9 Å². The van der Waals surface area contributed by atoms with Crippen molar-refractivity contribution in [3.05, 3.63) is 39.3 Å². The highest BCUT2D eigenvalue weighted by Gasteiger charge is 2.19. The molecule has 3 nitrogen and oxygen atoms in total. The van der Waals surface area contributed by atoms with E-state index in [4.69, 9.17) is 0 Å². The zero-order chi connectivity index (χ0) is 14.7. The molecule has 3 heterocycles. The molecule has 1 N–H and O–H groups in total. The van der Waals surface area contributed by atoms with Gasteiger partial charge in [0, 0.05) is 34.3 Å². The molecule has 0 radical (unpaired) electrons. The van der Waals surface area contributed by atoms with Crippen molar-refractivity contribution in [1.82, 2.24) is 15.1 Å². The van der Waals surface area contributed by atoms with E-state index in [9.17, 15) is 0 Å². The summed E-state index contributed by atoms with van der Waals surface area (Å²) in [5, 5.41) is 8.05. The van der Waals surface area contributed by atoms with E-state index >= 15 is 0 Å². The van der Waals surface area contributed by atoms with E-state index in [1.54, 1.807) is 10.4 Å². The number of thiophene rings is 1. The molecule has 5 heteroatoms. The quantitative estimate of drug-likeness (QED) is 0.881. The molecule has 114 valence electrons. The third-order valence-corrected chi connectivity index (χ3v) is 6.25. The number of rotatable bonds is 6. The Morgan fingerprint density at radius 1 is 1.43 bits per heavy atom. The van der Waals surface area contributed by atoms with Gasteiger partial charge in [-0.15, -0.1) is 11.3 Å². The molecule has 3 rings (SSSR count). The molecular formula is C16H23N3S2. The zero-order valence-electron chi connectivity index (χ0n) is 12.8. The Morgan fingerprint density at radius 2 is 2.33 bits per heavy atom. The minimum absolute atomic E-state index is 0.421. The highest BCUT2D eigenvalue weighted by molar-refractivity contribution is 7.98. The van der Waals surface area contributed by atoms with Crippen molar-refractivity contribution in [1.29, 1.82) is 0 Å². The summed E-state index contributed by atoms with van der Waals surface area (Å²) < 4.78 is 2.01. The van der Waals surface area contributed by atoms with Gasteiger partial charge in [0.05, 0.1) is 6.20 Å². The fraction of sp³-hybridized carbons (Fsp3) is 0.562. The summed E-state index contributed by atoms with van der Waals surface area (Å²) in [6.45, 7) is 6.26. The van der Waals surface area contributed by atoms with Gasteiger partial charge in [0.1, 0.15) is 0 Å². The van der Waals surface area contributed by atoms with Gasteiger partial charge in [-0.3, -0.25) is 4.68 Å². The van der Waals surface area contributed by atoms with Crippen LogP contribution in [0.25, 0.3) is 0 Å². The number of aryl methyl sites for hydroxylation is 2. The zero-order valence-corrected chi connectivity index (χ0v) is 14.4. The van der Waals surface area contributed by atoms with Gasteiger partial charge in [0.25, 0.3) is 0 Å². The number of fused-ring (bicyclic) bond motifs is 1. The van der Waals surface area contributed by atoms with Crippen LogP contribution in [0.2, 0.25) is 0 Å². The van der Waals surface area contributed by atoms with Crippen LogP contribution in [0.5, 0.6) is 0 Å². The number of likely N-dealkylation sites (N-methyl/N-ethyl adjacent to an activating group) is 1. The van der Waals surface area contributed by atoms with E-state index in [1.807, 2.05) is 22.2 Å². The predicted molar refractivity (Wildman–Crippen MR) is 92.2 cm³/mol. The second-order valence-electron chi connectivity index (χ2n) is 5.42. The van der Waals surface area contributed by atoms with Gasteiger partial charge in [0.2, 0.25) is 0 Å². The molecule has 21 heavy (non-hydrogen) atoms. The van der Waals surface area contributed by atoms with Crippen LogP contribution >= 0.6 is 23.1 Å². The van der Waals surface area contributed by atoms with Gasteiger partial charge in [-0.25, -0.2) is 0 Å². The van der Waals surface area contributed by atoms with Crippen LogP contribution < -0.4 is 5.32 Å². The van der Waals surface area contributed by atoms with Crippen LogP contribution in [-0.4, -0.2) is 22.1 Å². The van der Waals surface area contributed by atoms with Crippen LogP contribution in [0, 0.1) is 0 Å². The first kappa shape index (κ1) is 15.1. The Labute approximate surface area is 135 Å². The fourth-order valence-corrected chi connectivity index (χ4v) is 5.23. The maximum absolute atomic E-state index is 4.40. The summed E-state index contributed by atoms with van der Waals surface area (Å²) in [4.78, 5) is 3.10. The van der Waals surface area contributed by atoms with Gasteiger partial charge >= 0.3 is 0 Å². The standard InChI is InChI=1S/C16H23N3S2/c1-3-17-14(7-12-9-18-19(4-2)10-12)16-8-13-11-20-6-5-15(13)21-16/h8-10,14,17H,3-7,11H2,1-2H3. The van der Waals surface area contributed by atoms with Crippen LogP contribution in [0.15, 0.2) is 18.5 Å². The lowest BCUT2D eigenvalue weighted by Gasteiger charge is -2.15. The highest BCUT2D eigenvalue weighted by Crippen LogP contribution is 2.35. The summed E-state index contributed by atoms with van der Waals surface area (Å²) in [6, 6.07) is 2.86. The number of hydrogen-bond donors (Lipinski definition) is 1. The summed E-state index contributed by atoms with van der Waals surface area (Å²) in [5.74, 6) is 2.47. The van der Waals surface area contributed by atoms with E-state index in [0.717, 1.165) is 19.5 Å². The molecule has 0 fully saturated rings. The molecule has 0 saturated heterocycles. The smallest absolute Gasteiger partial charge is 0.0522 e. The van der Waals surface area contributed by atoms with Crippen molar-refractivity contribution >= 4 is 23.1 Å². The molecule has 0 aliphatic carbocycles. The minimum Gasteiger partial charge on any atom is -0.309 e. The molecule has 0 aromatic carbocycles. The van der Waals surface area contributed by atoms with Crippen LogP contribution in [0.4, 0.5) is 0 Å². The summed E-state index contributed by atoms with van der Waals surface area (Å²) in [5.41, 5.74) is 2.89. The largest absolute Gasteiger partial charge is 0.309 e.